The maximum Gasteiger partial charge on any atom is 0.257 e. The lowest BCUT2D eigenvalue weighted by Crippen LogP contribution is -2.35. The number of aliphatic hydroxyl groups is 1. The number of nitrogens with zero attached hydrogens (tertiary/aromatic N) is 3. The van der Waals surface area contributed by atoms with E-state index in [2.05, 4.69) is 15.3 Å². The number of likely N-dealkylation sites (tertiary alicyclic amines) is 1. The van der Waals surface area contributed by atoms with Crippen molar-refractivity contribution >= 4 is 11.9 Å². The summed E-state index contributed by atoms with van der Waals surface area (Å²) in [6.07, 6.45) is 3.00. The molecule has 1 aromatic rings. The standard InChI is InChI=1S/C12H18N4O2/c1-8-6-16(7-12(8,2)18)10(17)9-4-14-11(13-3)15-5-9/h4-5,8,18H,6-7H2,1-3H3,(H,13,14,15)/t8-,12+/m0/s1. The second-order valence-electron chi connectivity index (χ2n) is 4.99. The first-order valence-electron chi connectivity index (χ1n) is 5.95. The molecule has 1 amide bonds. The molecule has 0 saturated carbocycles. The maximum atomic E-state index is 12.2. The van der Waals surface area contributed by atoms with Gasteiger partial charge in [0.2, 0.25) is 5.95 Å². The van der Waals surface area contributed by atoms with Crippen LogP contribution < -0.4 is 5.32 Å². The monoisotopic (exact) mass is 250 g/mol. The van der Waals surface area contributed by atoms with Crippen LogP contribution in [-0.2, 0) is 0 Å². The second kappa shape index (κ2) is 4.53. The Labute approximate surface area is 106 Å². The summed E-state index contributed by atoms with van der Waals surface area (Å²) in [5.74, 6) is 0.412. The highest BCUT2D eigenvalue weighted by Gasteiger charge is 2.40. The van der Waals surface area contributed by atoms with Gasteiger partial charge >= 0.3 is 0 Å². The molecule has 0 aliphatic carbocycles. The minimum absolute atomic E-state index is 0.0685. The molecule has 0 radical (unpaired) electrons. The molecule has 1 aliphatic heterocycles. The Kier molecular flexibility index (Phi) is 3.21. The number of amides is 1. The lowest BCUT2D eigenvalue weighted by molar-refractivity contribution is 0.0351. The van der Waals surface area contributed by atoms with Crippen LogP contribution in [0.15, 0.2) is 12.4 Å². The highest BCUT2D eigenvalue weighted by atomic mass is 16.3. The van der Waals surface area contributed by atoms with Crippen LogP contribution in [0.3, 0.4) is 0 Å². The van der Waals surface area contributed by atoms with Crippen molar-refractivity contribution in [3.63, 3.8) is 0 Å². The average Bonchev–Trinajstić information content (AvgIpc) is 2.63. The van der Waals surface area contributed by atoms with E-state index in [1.165, 1.54) is 12.4 Å². The smallest absolute Gasteiger partial charge is 0.257 e. The van der Waals surface area contributed by atoms with Crippen LogP contribution in [-0.4, -0.2) is 51.6 Å². The molecule has 2 atom stereocenters. The van der Waals surface area contributed by atoms with Gasteiger partial charge in [0.15, 0.2) is 0 Å². The highest BCUT2D eigenvalue weighted by molar-refractivity contribution is 5.94. The molecule has 18 heavy (non-hydrogen) atoms. The van der Waals surface area contributed by atoms with Gasteiger partial charge in [0.05, 0.1) is 11.2 Å². The number of carbonyl (C=O) groups excluding carboxylic acids is 1. The number of hydrogen-bond donors (Lipinski definition) is 2. The van der Waals surface area contributed by atoms with Crippen LogP contribution in [0.4, 0.5) is 5.95 Å². The summed E-state index contributed by atoms with van der Waals surface area (Å²) in [5, 5.41) is 12.9. The van der Waals surface area contributed by atoms with Crippen LogP contribution in [0.5, 0.6) is 0 Å². The van der Waals surface area contributed by atoms with E-state index in [0.717, 1.165) is 0 Å². The van der Waals surface area contributed by atoms with Crippen molar-refractivity contribution in [2.45, 2.75) is 19.4 Å². The normalized spacial score (nSPS) is 27.3. The maximum absolute atomic E-state index is 12.2. The van der Waals surface area contributed by atoms with Crippen LogP contribution in [0.1, 0.15) is 24.2 Å². The molecular weight excluding hydrogens is 232 g/mol. The first kappa shape index (κ1) is 12.8. The van der Waals surface area contributed by atoms with Gasteiger partial charge in [-0.1, -0.05) is 6.92 Å². The zero-order chi connectivity index (χ0) is 13.3. The molecule has 0 spiro atoms. The first-order chi connectivity index (χ1) is 8.44. The number of hydrogen-bond acceptors (Lipinski definition) is 5. The minimum atomic E-state index is -0.818. The first-order valence-corrected chi connectivity index (χ1v) is 5.95. The predicted octanol–water partition coefficient (Wildman–Crippen LogP) is 0.361. The second-order valence-corrected chi connectivity index (χ2v) is 4.99. The number of aromatic nitrogens is 2. The topological polar surface area (TPSA) is 78.4 Å². The fraction of sp³-hybridized carbons (Fsp3) is 0.583. The van der Waals surface area contributed by atoms with Gasteiger partial charge in [-0.15, -0.1) is 0 Å². The summed E-state index contributed by atoms with van der Waals surface area (Å²) in [4.78, 5) is 21.9. The van der Waals surface area contributed by atoms with Crippen molar-refractivity contribution in [1.82, 2.24) is 14.9 Å². The number of anilines is 1. The van der Waals surface area contributed by atoms with E-state index in [1.807, 2.05) is 6.92 Å². The van der Waals surface area contributed by atoms with Gasteiger partial charge in [0.25, 0.3) is 5.91 Å². The van der Waals surface area contributed by atoms with Crippen LogP contribution >= 0.6 is 0 Å². The van der Waals surface area contributed by atoms with E-state index in [1.54, 1.807) is 18.9 Å². The van der Waals surface area contributed by atoms with E-state index in [4.69, 9.17) is 0 Å². The van der Waals surface area contributed by atoms with Gasteiger partial charge < -0.3 is 15.3 Å². The summed E-state index contributed by atoms with van der Waals surface area (Å²) < 4.78 is 0. The SMILES string of the molecule is CNc1ncc(C(=O)N2C[C@H](C)[C@](C)(O)C2)cn1. The number of carbonyl (C=O) groups is 1. The van der Waals surface area contributed by atoms with Crippen LogP contribution in [0.25, 0.3) is 0 Å². The van der Waals surface area contributed by atoms with E-state index in [0.29, 0.717) is 24.6 Å². The molecule has 1 aromatic heterocycles. The number of rotatable bonds is 2. The Hall–Kier alpha value is -1.69. The molecule has 2 N–H and O–H groups in total. The summed E-state index contributed by atoms with van der Waals surface area (Å²) in [7, 11) is 1.72. The number of β-amino-alcohol motifs (C(OH)–C–C–N with tert-alkyl or cyclic N) is 1. The van der Waals surface area contributed by atoms with Gasteiger partial charge in [-0.05, 0) is 6.92 Å². The van der Waals surface area contributed by atoms with Crippen molar-refractivity contribution in [2.75, 3.05) is 25.5 Å². The Morgan fingerprint density at radius 1 is 1.56 bits per heavy atom. The van der Waals surface area contributed by atoms with Crippen molar-refractivity contribution in [3.05, 3.63) is 18.0 Å². The average molecular weight is 250 g/mol. The molecule has 2 rings (SSSR count). The summed E-state index contributed by atoms with van der Waals surface area (Å²) >= 11 is 0. The van der Waals surface area contributed by atoms with Crippen molar-refractivity contribution in [3.8, 4) is 0 Å². The zero-order valence-corrected chi connectivity index (χ0v) is 10.8. The third kappa shape index (κ3) is 2.28. The Morgan fingerprint density at radius 2 is 2.17 bits per heavy atom. The summed E-state index contributed by atoms with van der Waals surface area (Å²) in [6, 6.07) is 0. The molecule has 1 saturated heterocycles. The minimum Gasteiger partial charge on any atom is -0.388 e. The summed E-state index contributed by atoms with van der Waals surface area (Å²) in [6.45, 7) is 4.60. The molecule has 0 unspecified atom stereocenters. The Morgan fingerprint density at radius 3 is 2.61 bits per heavy atom. The van der Waals surface area contributed by atoms with E-state index in [-0.39, 0.29) is 11.8 Å². The van der Waals surface area contributed by atoms with Gasteiger partial charge in [0.1, 0.15) is 0 Å². The fourth-order valence-corrected chi connectivity index (χ4v) is 2.04. The zero-order valence-electron chi connectivity index (χ0n) is 10.8. The van der Waals surface area contributed by atoms with E-state index in [9.17, 15) is 9.90 Å². The lowest BCUT2D eigenvalue weighted by atomic mass is 9.95. The molecule has 6 heteroatoms. The quantitative estimate of drug-likeness (QED) is 0.792. The largest absolute Gasteiger partial charge is 0.388 e. The highest BCUT2D eigenvalue weighted by Crippen LogP contribution is 2.27. The molecule has 2 heterocycles. The van der Waals surface area contributed by atoms with Crippen molar-refractivity contribution in [2.24, 2.45) is 5.92 Å². The third-order valence-electron chi connectivity index (χ3n) is 3.48. The molecular formula is C12H18N4O2. The Bertz CT molecular complexity index is 444. The summed E-state index contributed by atoms with van der Waals surface area (Å²) in [5.41, 5.74) is -0.375. The fourth-order valence-electron chi connectivity index (χ4n) is 2.04. The van der Waals surface area contributed by atoms with Gasteiger partial charge in [0, 0.05) is 38.4 Å². The molecule has 6 nitrogen and oxygen atoms in total. The Balaban J connectivity index is 2.12. The van der Waals surface area contributed by atoms with Gasteiger partial charge in [-0.25, -0.2) is 9.97 Å². The third-order valence-corrected chi connectivity index (χ3v) is 3.48. The van der Waals surface area contributed by atoms with Crippen molar-refractivity contribution in [1.29, 1.82) is 0 Å². The molecule has 0 bridgehead atoms. The van der Waals surface area contributed by atoms with Crippen LogP contribution in [0.2, 0.25) is 0 Å². The molecule has 98 valence electrons. The van der Waals surface area contributed by atoms with Gasteiger partial charge in [-0.2, -0.15) is 0 Å². The van der Waals surface area contributed by atoms with Crippen LogP contribution in [0, 0.1) is 5.92 Å². The van der Waals surface area contributed by atoms with Gasteiger partial charge in [-0.3, -0.25) is 4.79 Å². The molecule has 0 aromatic carbocycles. The van der Waals surface area contributed by atoms with Crippen molar-refractivity contribution < 1.29 is 9.90 Å². The lowest BCUT2D eigenvalue weighted by Gasteiger charge is -2.20. The molecule has 1 fully saturated rings. The molecule has 1 aliphatic rings. The predicted molar refractivity (Wildman–Crippen MR) is 67.3 cm³/mol. The van der Waals surface area contributed by atoms with E-state index >= 15 is 0 Å². The van der Waals surface area contributed by atoms with E-state index < -0.39 is 5.60 Å². The number of nitrogens with one attached hydrogen (secondary N) is 1.